The SMILES string of the molecule is CNCc1cccnc1SCC(=O)NC(C)C. The zero-order valence-electron chi connectivity index (χ0n) is 10.5. The van der Waals surface area contributed by atoms with Gasteiger partial charge in [0.2, 0.25) is 5.91 Å². The molecule has 1 heterocycles. The lowest BCUT2D eigenvalue weighted by molar-refractivity contribution is -0.119. The summed E-state index contributed by atoms with van der Waals surface area (Å²) in [5.41, 5.74) is 1.12. The highest BCUT2D eigenvalue weighted by Gasteiger charge is 2.07. The van der Waals surface area contributed by atoms with Crippen LogP contribution in [0.15, 0.2) is 23.4 Å². The van der Waals surface area contributed by atoms with Gasteiger partial charge in [-0.1, -0.05) is 17.8 Å². The van der Waals surface area contributed by atoms with Gasteiger partial charge in [-0.2, -0.15) is 0 Å². The van der Waals surface area contributed by atoms with E-state index in [1.54, 1.807) is 6.20 Å². The molecule has 1 rings (SSSR count). The highest BCUT2D eigenvalue weighted by molar-refractivity contribution is 7.99. The van der Waals surface area contributed by atoms with Crippen LogP contribution >= 0.6 is 11.8 Å². The lowest BCUT2D eigenvalue weighted by Crippen LogP contribution is -2.31. The molecular formula is C12H19N3OS. The van der Waals surface area contributed by atoms with Gasteiger partial charge in [0.25, 0.3) is 0 Å². The van der Waals surface area contributed by atoms with Crippen LogP contribution in [0.25, 0.3) is 0 Å². The summed E-state index contributed by atoms with van der Waals surface area (Å²) in [7, 11) is 1.90. The Hall–Kier alpha value is -1.07. The molecule has 0 aliphatic heterocycles. The minimum absolute atomic E-state index is 0.0473. The molecule has 0 atom stereocenters. The van der Waals surface area contributed by atoms with E-state index in [2.05, 4.69) is 15.6 Å². The number of carbonyl (C=O) groups excluding carboxylic acids is 1. The van der Waals surface area contributed by atoms with Crippen molar-refractivity contribution in [3.8, 4) is 0 Å². The van der Waals surface area contributed by atoms with Crippen LogP contribution in [-0.4, -0.2) is 29.7 Å². The molecule has 0 unspecified atom stereocenters. The second kappa shape index (κ2) is 7.29. The van der Waals surface area contributed by atoms with E-state index in [1.807, 2.05) is 33.0 Å². The molecule has 17 heavy (non-hydrogen) atoms. The van der Waals surface area contributed by atoms with E-state index < -0.39 is 0 Å². The number of nitrogens with one attached hydrogen (secondary N) is 2. The maximum atomic E-state index is 11.5. The molecule has 1 amide bonds. The predicted molar refractivity (Wildman–Crippen MR) is 71.0 cm³/mol. The van der Waals surface area contributed by atoms with Crippen LogP contribution in [0, 0.1) is 0 Å². The third-order valence-corrected chi connectivity index (χ3v) is 3.05. The second-order valence-corrected chi connectivity index (χ2v) is 4.97. The minimum atomic E-state index is 0.0473. The lowest BCUT2D eigenvalue weighted by atomic mass is 10.3. The summed E-state index contributed by atoms with van der Waals surface area (Å²) in [5.74, 6) is 0.456. The van der Waals surface area contributed by atoms with E-state index in [4.69, 9.17) is 0 Å². The Morgan fingerprint density at radius 2 is 2.29 bits per heavy atom. The first-order valence-electron chi connectivity index (χ1n) is 5.64. The first-order valence-corrected chi connectivity index (χ1v) is 6.62. The fourth-order valence-electron chi connectivity index (χ4n) is 1.38. The van der Waals surface area contributed by atoms with Gasteiger partial charge in [-0.3, -0.25) is 4.79 Å². The van der Waals surface area contributed by atoms with Gasteiger partial charge in [0.1, 0.15) is 5.03 Å². The Balaban J connectivity index is 2.53. The average Bonchev–Trinajstić information content (AvgIpc) is 2.27. The van der Waals surface area contributed by atoms with Gasteiger partial charge < -0.3 is 10.6 Å². The molecule has 0 radical (unpaired) electrons. The fraction of sp³-hybridized carbons (Fsp3) is 0.500. The van der Waals surface area contributed by atoms with Crippen molar-refractivity contribution >= 4 is 17.7 Å². The van der Waals surface area contributed by atoms with Crippen LogP contribution in [0.5, 0.6) is 0 Å². The zero-order chi connectivity index (χ0) is 12.7. The van der Waals surface area contributed by atoms with Gasteiger partial charge in [0, 0.05) is 18.8 Å². The van der Waals surface area contributed by atoms with E-state index in [1.165, 1.54) is 11.8 Å². The Morgan fingerprint density at radius 3 is 2.94 bits per heavy atom. The van der Waals surface area contributed by atoms with Crippen molar-refractivity contribution in [2.24, 2.45) is 0 Å². The van der Waals surface area contributed by atoms with Gasteiger partial charge in [-0.15, -0.1) is 0 Å². The van der Waals surface area contributed by atoms with Gasteiger partial charge in [-0.05, 0) is 32.5 Å². The molecule has 0 saturated heterocycles. The highest BCUT2D eigenvalue weighted by Crippen LogP contribution is 2.19. The van der Waals surface area contributed by atoms with Crippen LogP contribution in [0.3, 0.4) is 0 Å². The Morgan fingerprint density at radius 1 is 1.53 bits per heavy atom. The second-order valence-electron chi connectivity index (χ2n) is 4.01. The summed E-state index contributed by atoms with van der Waals surface area (Å²) >= 11 is 1.47. The summed E-state index contributed by atoms with van der Waals surface area (Å²) in [5, 5.41) is 6.87. The van der Waals surface area contributed by atoms with Gasteiger partial charge in [-0.25, -0.2) is 4.98 Å². The van der Waals surface area contributed by atoms with Crippen LogP contribution in [-0.2, 0) is 11.3 Å². The van der Waals surface area contributed by atoms with Gasteiger partial charge in [0.15, 0.2) is 0 Å². The molecule has 5 heteroatoms. The molecule has 0 aliphatic rings. The van der Waals surface area contributed by atoms with E-state index in [0.717, 1.165) is 17.1 Å². The molecule has 0 aromatic carbocycles. The predicted octanol–water partition coefficient (Wildman–Crippen LogP) is 1.42. The number of nitrogens with zero attached hydrogens (tertiary/aromatic N) is 1. The van der Waals surface area contributed by atoms with Gasteiger partial charge >= 0.3 is 0 Å². The number of hydrogen-bond acceptors (Lipinski definition) is 4. The number of hydrogen-bond donors (Lipinski definition) is 2. The molecule has 2 N–H and O–H groups in total. The average molecular weight is 253 g/mol. The number of thioether (sulfide) groups is 1. The number of amides is 1. The maximum absolute atomic E-state index is 11.5. The lowest BCUT2D eigenvalue weighted by Gasteiger charge is -2.09. The van der Waals surface area contributed by atoms with Crippen molar-refractivity contribution in [3.05, 3.63) is 23.9 Å². The molecule has 0 aliphatic carbocycles. The number of rotatable bonds is 6. The molecule has 0 fully saturated rings. The third kappa shape index (κ3) is 5.19. The zero-order valence-corrected chi connectivity index (χ0v) is 11.3. The summed E-state index contributed by atoms with van der Waals surface area (Å²) in [6.07, 6.45) is 1.75. The Kier molecular flexibility index (Phi) is 6.00. The number of aromatic nitrogens is 1. The first kappa shape index (κ1) is 14.0. The molecule has 0 saturated carbocycles. The molecule has 1 aromatic rings. The standard InChI is InChI=1S/C12H19N3OS/c1-9(2)15-11(16)8-17-12-10(7-13-3)5-4-6-14-12/h4-6,9,13H,7-8H2,1-3H3,(H,15,16). The molecule has 1 aromatic heterocycles. The minimum Gasteiger partial charge on any atom is -0.353 e. The van der Waals surface area contributed by atoms with Crippen molar-refractivity contribution in [1.29, 1.82) is 0 Å². The van der Waals surface area contributed by atoms with E-state index >= 15 is 0 Å². The number of carbonyl (C=O) groups is 1. The maximum Gasteiger partial charge on any atom is 0.230 e. The van der Waals surface area contributed by atoms with Crippen LogP contribution < -0.4 is 10.6 Å². The highest BCUT2D eigenvalue weighted by atomic mass is 32.2. The first-order chi connectivity index (χ1) is 8.13. The monoisotopic (exact) mass is 253 g/mol. The smallest absolute Gasteiger partial charge is 0.230 e. The summed E-state index contributed by atoms with van der Waals surface area (Å²) in [6, 6.07) is 4.11. The quantitative estimate of drug-likeness (QED) is 0.753. The van der Waals surface area contributed by atoms with Crippen molar-refractivity contribution in [2.45, 2.75) is 31.5 Å². The van der Waals surface area contributed by atoms with E-state index in [9.17, 15) is 4.79 Å². The molecular weight excluding hydrogens is 234 g/mol. The fourth-order valence-corrected chi connectivity index (χ4v) is 2.19. The summed E-state index contributed by atoms with van der Waals surface area (Å²) < 4.78 is 0. The molecule has 0 bridgehead atoms. The van der Waals surface area contributed by atoms with Crippen molar-refractivity contribution in [2.75, 3.05) is 12.8 Å². The van der Waals surface area contributed by atoms with Crippen molar-refractivity contribution < 1.29 is 4.79 Å². The summed E-state index contributed by atoms with van der Waals surface area (Å²) in [6.45, 7) is 4.67. The largest absolute Gasteiger partial charge is 0.353 e. The van der Waals surface area contributed by atoms with E-state index in [-0.39, 0.29) is 11.9 Å². The van der Waals surface area contributed by atoms with Crippen LogP contribution in [0.2, 0.25) is 0 Å². The Labute approximate surface area is 107 Å². The molecule has 4 nitrogen and oxygen atoms in total. The van der Waals surface area contributed by atoms with Crippen molar-refractivity contribution in [1.82, 2.24) is 15.6 Å². The Bertz CT molecular complexity index is 369. The van der Waals surface area contributed by atoms with E-state index in [0.29, 0.717) is 5.75 Å². The normalized spacial score (nSPS) is 10.6. The van der Waals surface area contributed by atoms with Gasteiger partial charge in [0.05, 0.1) is 5.75 Å². The number of pyridine rings is 1. The molecule has 0 spiro atoms. The molecule has 94 valence electrons. The third-order valence-electron chi connectivity index (χ3n) is 2.01. The van der Waals surface area contributed by atoms with Crippen LogP contribution in [0.1, 0.15) is 19.4 Å². The van der Waals surface area contributed by atoms with Crippen LogP contribution in [0.4, 0.5) is 0 Å². The summed E-state index contributed by atoms with van der Waals surface area (Å²) in [4.78, 5) is 15.8. The topological polar surface area (TPSA) is 54.0 Å². The van der Waals surface area contributed by atoms with Crippen molar-refractivity contribution in [3.63, 3.8) is 0 Å².